The summed E-state index contributed by atoms with van der Waals surface area (Å²) in [6.07, 6.45) is -4.57. The highest BCUT2D eigenvalue weighted by molar-refractivity contribution is 5.87. The first kappa shape index (κ1) is 14.1. The van der Waals surface area contributed by atoms with Gasteiger partial charge in [0.15, 0.2) is 5.84 Å². The number of nitrogens with one attached hydrogen (secondary N) is 1. The second-order valence-corrected chi connectivity index (χ2v) is 3.58. The van der Waals surface area contributed by atoms with Crippen molar-refractivity contribution >= 4 is 11.5 Å². The standard InChI is InChI=1S/C10H11F4N3O/c1-5(9(15)17-18)16-8-4-6(10(12,13)14)2-3-7(8)11/h2-5,16,18H,1H3,(H2,15,17). The normalized spacial score (nSPS) is 14.4. The van der Waals surface area contributed by atoms with Crippen LogP contribution in [-0.2, 0) is 6.18 Å². The molecular formula is C10H11F4N3O. The first-order chi connectivity index (χ1) is 8.25. The summed E-state index contributed by atoms with van der Waals surface area (Å²) in [6, 6.07) is 1.14. The summed E-state index contributed by atoms with van der Waals surface area (Å²) in [5.74, 6) is -1.13. The Morgan fingerprint density at radius 1 is 1.44 bits per heavy atom. The molecule has 8 heteroatoms. The number of anilines is 1. The van der Waals surface area contributed by atoms with Crippen LogP contribution in [0.5, 0.6) is 0 Å². The maximum atomic E-state index is 13.3. The van der Waals surface area contributed by atoms with Gasteiger partial charge in [-0.05, 0) is 25.1 Å². The Kier molecular flexibility index (Phi) is 4.00. The topological polar surface area (TPSA) is 70.6 Å². The molecule has 0 bridgehead atoms. The lowest BCUT2D eigenvalue weighted by Gasteiger charge is -2.16. The third-order valence-electron chi connectivity index (χ3n) is 2.22. The van der Waals surface area contributed by atoms with Gasteiger partial charge in [0, 0.05) is 0 Å². The molecule has 4 N–H and O–H groups in total. The molecular weight excluding hydrogens is 254 g/mol. The van der Waals surface area contributed by atoms with Gasteiger partial charge in [0.05, 0.1) is 17.3 Å². The van der Waals surface area contributed by atoms with Crippen LogP contribution in [0, 0.1) is 5.82 Å². The predicted octanol–water partition coefficient (Wildman–Crippen LogP) is 2.39. The molecule has 0 saturated heterocycles. The zero-order chi connectivity index (χ0) is 13.9. The maximum absolute atomic E-state index is 13.3. The number of hydrogen-bond donors (Lipinski definition) is 3. The van der Waals surface area contributed by atoms with Crippen LogP contribution < -0.4 is 11.1 Å². The van der Waals surface area contributed by atoms with Gasteiger partial charge in [-0.15, -0.1) is 0 Å². The highest BCUT2D eigenvalue weighted by Gasteiger charge is 2.31. The van der Waals surface area contributed by atoms with E-state index in [1.807, 2.05) is 0 Å². The molecule has 1 aromatic carbocycles. The molecule has 100 valence electrons. The summed E-state index contributed by atoms with van der Waals surface area (Å²) in [7, 11) is 0. The zero-order valence-electron chi connectivity index (χ0n) is 9.29. The van der Waals surface area contributed by atoms with Gasteiger partial charge in [-0.3, -0.25) is 0 Å². The SMILES string of the molecule is CC(Nc1cc(C(F)(F)F)ccc1F)C(N)=NO. The van der Waals surface area contributed by atoms with Gasteiger partial charge >= 0.3 is 6.18 Å². The maximum Gasteiger partial charge on any atom is 0.416 e. The van der Waals surface area contributed by atoms with Crippen LogP contribution >= 0.6 is 0 Å². The molecule has 0 spiro atoms. The van der Waals surface area contributed by atoms with Crippen molar-refractivity contribution in [3.05, 3.63) is 29.6 Å². The van der Waals surface area contributed by atoms with E-state index in [2.05, 4.69) is 10.5 Å². The van der Waals surface area contributed by atoms with Crippen LogP contribution in [0.15, 0.2) is 23.4 Å². The summed E-state index contributed by atoms with van der Waals surface area (Å²) in [4.78, 5) is 0. The smallest absolute Gasteiger partial charge is 0.409 e. The summed E-state index contributed by atoms with van der Waals surface area (Å²) in [5, 5.41) is 13.4. The lowest BCUT2D eigenvalue weighted by atomic mass is 10.1. The van der Waals surface area contributed by atoms with Crippen LogP contribution in [0.4, 0.5) is 23.2 Å². The van der Waals surface area contributed by atoms with Crippen molar-refractivity contribution in [1.29, 1.82) is 0 Å². The Balaban J connectivity index is 3.02. The first-order valence-corrected chi connectivity index (χ1v) is 4.86. The number of hydrogen-bond acceptors (Lipinski definition) is 3. The Morgan fingerprint density at radius 3 is 2.56 bits per heavy atom. The zero-order valence-corrected chi connectivity index (χ0v) is 9.29. The molecule has 0 amide bonds. The number of oxime groups is 1. The molecule has 1 atom stereocenters. The summed E-state index contributed by atoms with van der Waals surface area (Å²) in [5.41, 5.74) is 3.87. The minimum Gasteiger partial charge on any atom is -0.409 e. The van der Waals surface area contributed by atoms with Gasteiger partial charge in [-0.2, -0.15) is 13.2 Å². The van der Waals surface area contributed by atoms with Crippen molar-refractivity contribution < 1.29 is 22.8 Å². The number of halogens is 4. The van der Waals surface area contributed by atoms with E-state index in [0.29, 0.717) is 18.2 Å². The Morgan fingerprint density at radius 2 is 2.06 bits per heavy atom. The van der Waals surface area contributed by atoms with E-state index in [1.165, 1.54) is 6.92 Å². The van der Waals surface area contributed by atoms with E-state index in [0.717, 1.165) is 0 Å². The minimum absolute atomic E-state index is 0.271. The van der Waals surface area contributed by atoms with E-state index in [9.17, 15) is 17.6 Å². The van der Waals surface area contributed by atoms with Crippen LogP contribution in [0.1, 0.15) is 12.5 Å². The number of benzene rings is 1. The Hall–Kier alpha value is -1.99. The van der Waals surface area contributed by atoms with Gasteiger partial charge in [0.2, 0.25) is 0 Å². The summed E-state index contributed by atoms with van der Waals surface area (Å²) < 4.78 is 50.6. The second kappa shape index (κ2) is 5.11. The molecule has 0 aromatic heterocycles. The highest BCUT2D eigenvalue weighted by atomic mass is 19.4. The third-order valence-corrected chi connectivity index (χ3v) is 2.22. The average Bonchev–Trinajstić information content (AvgIpc) is 2.29. The average molecular weight is 265 g/mol. The molecule has 0 aliphatic heterocycles. The molecule has 1 unspecified atom stereocenters. The predicted molar refractivity (Wildman–Crippen MR) is 57.9 cm³/mol. The fourth-order valence-corrected chi connectivity index (χ4v) is 1.21. The molecule has 0 fully saturated rings. The monoisotopic (exact) mass is 265 g/mol. The molecule has 1 rings (SSSR count). The van der Waals surface area contributed by atoms with Crippen molar-refractivity contribution in [2.75, 3.05) is 5.32 Å². The van der Waals surface area contributed by atoms with Gasteiger partial charge in [0.25, 0.3) is 0 Å². The number of rotatable bonds is 3. The van der Waals surface area contributed by atoms with Crippen molar-refractivity contribution in [3.8, 4) is 0 Å². The third kappa shape index (κ3) is 3.25. The molecule has 0 heterocycles. The Labute approximate surface area is 100 Å². The van der Waals surface area contributed by atoms with Crippen molar-refractivity contribution in [2.45, 2.75) is 19.1 Å². The van der Waals surface area contributed by atoms with Crippen LogP contribution in [0.25, 0.3) is 0 Å². The second-order valence-electron chi connectivity index (χ2n) is 3.58. The fourth-order valence-electron chi connectivity index (χ4n) is 1.21. The summed E-state index contributed by atoms with van der Waals surface area (Å²) >= 11 is 0. The molecule has 18 heavy (non-hydrogen) atoms. The van der Waals surface area contributed by atoms with Crippen molar-refractivity contribution in [3.63, 3.8) is 0 Å². The first-order valence-electron chi connectivity index (χ1n) is 4.86. The minimum atomic E-state index is -4.57. The van der Waals surface area contributed by atoms with Crippen molar-refractivity contribution in [1.82, 2.24) is 0 Å². The van der Waals surface area contributed by atoms with Gasteiger partial charge in [-0.1, -0.05) is 5.16 Å². The van der Waals surface area contributed by atoms with Crippen LogP contribution in [-0.4, -0.2) is 17.1 Å². The van der Waals surface area contributed by atoms with E-state index in [1.54, 1.807) is 0 Å². The number of amidine groups is 1. The number of alkyl halides is 3. The van der Waals surface area contributed by atoms with Gasteiger partial charge in [0.1, 0.15) is 5.82 Å². The molecule has 0 radical (unpaired) electrons. The van der Waals surface area contributed by atoms with Gasteiger partial charge < -0.3 is 16.3 Å². The van der Waals surface area contributed by atoms with E-state index < -0.39 is 23.6 Å². The lowest BCUT2D eigenvalue weighted by Crippen LogP contribution is -2.33. The largest absolute Gasteiger partial charge is 0.416 e. The lowest BCUT2D eigenvalue weighted by molar-refractivity contribution is -0.137. The van der Waals surface area contributed by atoms with Crippen LogP contribution in [0.3, 0.4) is 0 Å². The fraction of sp³-hybridized carbons (Fsp3) is 0.300. The molecule has 0 saturated carbocycles. The molecule has 1 aromatic rings. The number of nitrogens with two attached hydrogens (primary N) is 1. The molecule has 0 aliphatic carbocycles. The molecule has 4 nitrogen and oxygen atoms in total. The van der Waals surface area contributed by atoms with E-state index in [4.69, 9.17) is 10.9 Å². The summed E-state index contributed by atoms with van der Waals surface area (Å²) in [6.45, 7) is 1.41. The Bertz CT molecular complexity index is 459. The van der Waals surface area contributed by atoms with Crippen molar-refractivity contribution in [2.24, 2.45) is 10.9 Å². The molecule has 0 aliphatic rings. The van der Waals surface area contributed by atoms with E-state index in [-0.39, 0.29) is 11.5 Å². The highest BCUT2D eigenvalue weighted by Crippen LogP contribution is 2.31. The number of nitrogens with zero attached hydrogens (tertiary/aromatic N) is 1. The quantitative estimate of drug-likeness (QED) is 0.258. The van der Waals surface area contributed by atoms with Gasteiger partial charge in [-0.25, -0.2) is 4.39 Å². The van der Waals surface area contributed by atoms with E-state index >= 15 is 0 Å². The van der Waals surface area contributed by atoms with Crippen LogP contribution in [0.2, 0.25) is 0 Å².